The van der Waals surface area contributed by atoms with Gasteiger partial charge in [0.2, 0.25) is 5.78 Å². The minimum atomic E-state index is -1.24. The summed E-state index contributed by atoms with van der Waals surface area (Å²) >= 11 is 0. The molecule has 3 heteroatoms. The number of rotatable bonds is 1. The van der Waals surface area contributed by atoms with Crippen LogP contribution in [-0.2, 0) is 9.59 Å². The Morgan fingerprint density at radius 1 is 1.30 bits per heavy atom. The first-order valence-corrected chi connectivity index (χ1v) is 2.99. The Bertz CT molecular complexity index is 227. The van der Waals surface area contributed by atoms with Crippen molar-refractivity contribution in [1.82, 2.24) is 0 Å². The smallest absolute Gasteiger partial charge is 0.382 e. The Hall–Kier alpha value is -1.30. The van der Waals surface area contributed by atoms with Crippen molar-refractivity contribution in [2.24, 2.45) is 5.92 Å². The van der Waals surface area contributed by atoms with Crippen molar-refractivity contribution < 1.29 is 14.7 Å². The average molecular weight is 138 g/mol. The largest absolute Gasteiger partial charge is 0.472 e. The average Bonchev–Trinajstić information content (AvgIpc) is 2.63. The lowest BCUT2D eigenvalue weighted by Gasteiger charge is -1.78. The van der Waals surface area contributed by atoms with Crippen molar-refractivity contribution in [3.63, 3.8) is 0 Å². The molecule has 1 fully saturated rings. The Kier molecular flexibility index (Phi) is 1.72. The standard InChI is InChI=1S/C7H6O3/c8-6(5-1-2-5)3-4-7(9)10/h5H,1-2H2,(H,9,10). The van der Waals surface area contributed by atoms with Gasteiger partial charge in [-0.2, -0.15) is 0 Å². The molecule has 1 rings (SSSR count). The summed E-state index contributed by atoms with van der Waals surface area (Å²) in [7, 11) is 0. The molecule has 0 atom stereocenters. The number of carbonyl (C=O) groups excluding carboxylic acids is 1. The lowest BCUT2D eigenvalue weighted by atomic mass is 10.3. The summed E-state index contributed by atoms with van der Waals surface area (Å²) in [6.07, 6.45) is 1.74. The minimum absolute atomic E-state index is 0.0341. The summed E-state index contributed by atoms with van der Waals surface area (Å²) in [4.78, 5) is 20.5. The Morgan fingerprint density at radius 3 is 2.30 bits per heavy atom. The number of ketones is 1. The van der Waals surface area contributed by atoms with Crippen LogP contribution in [0.25, 0.3) is 0 Å². The molecule has 0 heterocycles. The molecule has 1 aliphatic rings. The highest BCUT2D eigenvalue weighted by Crippen LogP contribution is 2.29. The highest BCUT2D eigenvalue weighted by atomic mass is 16.4. The fourth-order valence-corrected chi connectivity index (χ4v) is 0.563. The van der Waals surface area contributed by atoms with Crippen molar-refractivity contribution in [2.75, 3.05) is 0 Å². The summed E-state index contributed by atoms with van der Waals surface area (Å²) < 4.78 is 0. The van der Waals surface area contributed by atoms with Crippen LogP contribution in [0.4, 0.5) is 0 Å². The van der Waals surface area contributed by atoms with Gasteiger partial charge in [0.25, 0.3) is 0 Å². The van der Waals surface area contributed by atoms with Crippen LogP contribution in [0.1, 0.15) is 12.8 Å². The van der Waals surface area contributed by atoms with E-state index in [4.69, 9.17) is 5.11 Å². The second-order valence-electron chi connectivity index (χ2n) is 2.19. The topological polar surface area (TPSA) is 54.4 Å². The third-order valence-corrected chi connectivity index (χ3v) is 1.24. The molecule has 1 saturated carbocycles. The number of carboxylic acid groups (broad SMARTS) is 1. The van der Waals surface area contributed by atoms with E-state index in [0.29, 0.717) is 0 Å². The third-order valence-electron chi connectivity index (χ3n) is 1.24. The molecule has 1 aliphatic carbocycles. The van der Waals surface area contributed by atoms with Gasteiger partial charge in [0.15, 0.2) is 0 Å². The van der Waals surface area contributed by atoms with Crippen LogP contribution in [0.2, 0.25) is 0 Å². The number of Topliss-reactive ketones (excluding diaryl/α,β-unsaturated/α-hetero) is 1. The van der Waals surface area contributed by atoms with Gasteiger partial charge in [-0.25, -0.2) is 4.79 Å². The number of hydrogen-bond donors (Lipinski definition) is 1. The van der Waals surface area contributed by atoms with Gasteiger partial charge in [0.1, 0.15) is 0 Å². The molecule has 0 aromatic carbocycles. The van der Waals surface area contributed by atoms with Crippen molar-refractivity contribution >= 4 is 11.8 Å². The zero-order chi connectivity index (χ0) is 7.56. The van der Waals surface area contributed by atoms with Gasteiger partial charge in [-0.15, -0.1) is 0 Å². The molecule has 0 bridgehead atoms. The zero-order valence-electron chi connectivity index (χ0n) is 5.26. The molecule has 3 nitrogen and oxygen atoms in total. The molecule has 0 saturated heterocycles. The Labute approximate surface area is 58.0 Å². The van der Waals surface area contributed by atoms with Crippen molar-refractivity contribution in [1.29, 1.82) is 0 Å². The van der Waals surface area contributed by atoms with Gasteiger partial charge in [0.05, 0.1) is 0 Å². The second-order valence-corrected chi connectivity index (χ2v) is 2.19. The zero-order valence-corrected chi connectivity index (χ0v) is 5.26. The third kappa shape index (κ3) is 1.90. The van der Waals surface area contributed by atoms with Crippen molar-refractivity contribution in [3.8, 4) is 11.8 Å². The summed E-state index contributed by atoms with van der Waals surface area (Å²) in [5.74, 6) is 2.40. The van der Waals surface area contributed by atoms with Gasteiger partial charge in [-0.05, 0) is 18.8 Å². The Morgan fingerprint density at radius 2 is 1.90 bits per heavy atom. The van der Waals surface area contributed by atoms with E-state index in [1.165, 1.54) is 0 Å². The normalized spacial score (nSPS) is 15.2. The lowest BCUT2D eigenvalue weighted by molar-refractivity contribution is -0.130. The van der Waals surface area contributed by atoms with E-state index in [1.807, 2.05) is 0 Å². The van der Waals surface area contributed by atoms with E-state index in [2.05, 4.69) is 5.92 Å². The first-order chi connectivity index (χ1) is 4.70. The molecule has 0 unspecified atom stereocenters. The van der Waals surface area contributed by atoms with E-state index in [1.54, 1.807) is 5.92 Å². The van der Waals surface area contributed by atoms with Crippen LogP contribution in [0.3, 0.4) is 0 Å². The van der Waals surface area contributed by atoms with Crippen molar-refractivity contribution in [3.05, 3.63) is 0 Å². The summed E-state index contributed by atoms with van der Waals surface area (Å²) in [6.45, 7) is 0. The van der Waals surface area contributed by atoms with Gasteiger partial charge in [-0.3, -0.25) is 4.79 Å². The maximum Gasteiger partial charge on any atom is 0.382 e. The fraction of sp³-hybridized carbons (Fsp3) is 0.429. The molecular weight excluding hydrogens is 132 g/mol. The minimum Gasteiger partial charge on any atom is -0.472 e. The van der Waals surface area contributed by atoms with E-state index >= 15 is 0 Å². The summed E-state index contributed by atoms with van der Waals surface area (Å²) in [5.41, 5.74) is 0. The van der Waals surface area contributed by atoms with Crippen LogP contribution in [0.15, 0.2) is 0 Å². The fourth-order valence-electron chi connectivity index (χ4n) is 0.563. The highest BCUT2D eigenvalue weighted by molar-refractivity contribution is 6.03. The predicted molar refractivity (Wildman–Crippen MR) is 33.1 cm³/mol. The molecule has 0 aromatic rings. The maximum atomic E-state index is 10.7. The molecule has 10 heavy (non-hydrogen) atoms. The predicted octanol–water partition coefficient (Wildman–Crippen LogP) is 0.0535. The lowest BCUT2D eigenvalue weighted by Crippen LogP contribution is -1.97. The van der Waals surface area contributed by atoms with Crippen LogP contribution in [0.5, 0.6) is 0 Å². The molecule has 0 radical (unpaired) electrons. The summed E-state index contributed by atoms with van der Waals surface area (Å²) in [6, 6.07) is 0. The van der Waals surface area contributed by atoms with Crippen LogP contribution in [0, 0.1) is 17.8 Å². The molecule has 0 aromatic heterocycles. The Balaban J connectivity index is 2.45. The monoisotopic (exact) mass is 138 g/mol. The molecule has 52 valence electrons. The molecular formula is C7H6O3. The quantitative estimate of drug-likeness (QED) is 0.411. The van der Waals surface area contributed by atoms with Crippen LogP contribution >= 0.6 is 0 Å². The van der Waals surface area contributed by atoms with Crippen LogP contribution in [-0.4, -0.2) is 16.9 Å². The molecule has 0 aliphatic heterocycles. The van der Waals surface area contributed by atoms with Gasteiger partial charge < -0.3 is 5.11 Å². The molecule has 0 amide bonds. The van der Waals surface area contributed by atoms with Gasteiger partial charge in [0, 0.05) is 11.8 Å². The number of aliphatic carboxylic acids is 1. The van der Waals surface area contributed by atoms with E-state index in [9.17, 15) is 9.59 Å². The van der Waals surface area contributed by atoms with E-state index in [0.717, 1.165) is 12.8 Å². The van der Waals surface area contributed by atoms with E-state index in [-0.39, 0.29) is 11.7 Å². The first kappa shape index (κ1) is 6.81. The van der Waals surface area contributed by atoms with Gasteiger partial charge >= 0.3 is 5.97 Å². The summed E-state index contributed by atoms with van der Waals surface area (Å²) in [5, 5.41) is 8.04. The second kappa shape index (κ2) is 2.53. The maximum absolute atomic E-state index is 10.7. The SMILES string of the molecule is O=C(O)C#CC(=O)C1CC1. The molecule has 0 spiro atoms. The van der Waals surface area contributed by atoms with Crippen molar-refractivity contribution in [2.45, 2.75) is 12.8 Å². The van der Waals surface area contributed by atoms with Gasteiger partial charge in [-0.1, -0.05) is 0 Å². The highest BCUT2D eigenvalue weighted by Gasteiger charge is 2.28. The first-order valence-electron chi connectivity index (χ1n) is 2.99. The number of hydrogen-bond acceptors (Lipinski definition) is 2. The van der Waals surface area contributed by atoms with E-state index < -0.39 is 5.97 Å². The molecule has 1 N–H and O–H groups in total. The number of carboxylic acids is 1. The van der Waals surface area contributed by atoms with Crippen LogP contribution < -0.4 is 0 Å². The number of carbonyl (C=O) groups is 2.